The lowest BCUT2D eigenvalue weighted by Gasteiger charge is -2.34. The second kappa shape index (κ2) is 7.92. The van der Waals surface area contributed by atoms with Crippen LogP contribution in [0.15, 0.2) is 53.0 Å². The van der Waals surface area contributed by atoms with E-state index >= 15 is 0 Å². The first kappa shape index (κ1) is 18.5. The van der Waals surface area contributed by atoms with Crippen molar-refractivity contribution in [2.24, 2.45) is 0 Å². The molecule has 0 aromatic heterocycles. The van der Waals surface area contributed by atoms with Crippen LogP contribution >= 0.6 is 23.5 Å². The normalized spacial score (nSPS) is 24.5. The summed E-state index contributed by atoms with van der Waals surface area (Å²) < 4.78 is 31.0. The van der Waals surface area contributed by atoms with Crippen LogP contribution in [-0.2, 0) is 13.6 Å². The zero-order chi connectivity index (χ0) is 17.9. The topological polar surface area (TPSA) is 56.8 Å². The van der Waals surface area contributed by atoms with E-state index in [0.29, 0.717) is 6.61 Å². The molecule has 5 nitrogen and oxygen atoms in total. The van der Waals surface area contributed by atoms with Crippen molar-refractivity contribution in [3.63, 3.8) is 0 Å². The first-order valence-electron chi connectivity index (χ1n) is 8.09. The van der Waals surface area contributed by atoms with E-state index in [2.05, 4.69) is 21.2 Å². The van der Waals surface area contributed by atoms with Gasteiger partial charge in [0.05, 0.1) is 19.8 Å². The molecule has 7 heteroatoms. The number of hydrogen-bond acceptors (Lipinski definition) is 5. The molecule has 1 heterocycles. The first-order chi connectivity index (χ1) is 12.0. The summed E-state index contributed by atoms with van der Waals surface area (Å²) in [5.74, 6) is 0.174. The van der Waals surface area contributed by atoms with Crippen LogP contribution in [0.25, 0.3) is 0 Å². The molecule has 134 valence electrons. The molecule has 25 heavy (non-hydrogen) atoms. The molecule has 2 aromatic rings. The van der Waals surface area contributed by atoms with Gasteiger partial charge in [0.25, 0.3) is 0 Å². The fourth-order valence-corrected chi connectivity index (χ4v) is 5.06. The molecule has 1 N–H and O–H groups in total. The van der Waals surface area contributed by atoms with Crippen LogP contribution in [0.5, 0.6) is 5.75 Å². The number of halogens is 1. The summed E-state index contributed by atoms with van der Waals surface area (Å²) in [6.07, 6.45) is 0.634. The largest absolute Gasteiger partial charge is 0.497 e. The van der Waals surface area contributed by atoms with E-state index in [9.17, 15) is 4.57 Å². The molecular weight excluding hydrogens is 405 g/mol. The van der Waals surface area contributed by atoms with E-state index in [0.717, 1.165) is 27.9 Å². The average Bonchev–Trinajstić information content (AvgIpc) is 2.61. The molecular formula is C18H21BrNO4P. The average molecular weight is 426 g/mol. The quantitative estimate of drug-likeness (QED) is 0.632. The number of nitrogens with one attached hydrogen (secondary N) is 1. The lowest BCUT2D eigenvalue weighted by Crippen LogP contribution is -2.23. The standard InChI is InChI=1S/C18H21BrNO4P/c1-13-11-12-23-25(21,24-13)18(14-3-5-15(19)6-4-14)20-16-7-9-17(22-2)10-8-16/h3-10,13,18,20H,11-12H2,1-2H3/t13-,18+,25+/m1/s1. The van der Waals surface area contributed by atoms with Gasteiger partial charge in [-0.3, -0.25) is 4.57 Å². The van der Waals surface area contributed by atoms with E-state index < -0.39 is 13.4 Å². The highest BCUT2D eigenvalue weighted by molar-refractivity contribution is 9.10. The summed E-state index contributed by atoms with van der Waals surface area (Å²) in [4.78, 5) is 0. The van der Waals surface area contributed by atoms with Gasteiger partial charge in [-0.15, -0.1) is 0 Å². The van der Waals surface area contributed by atoms with Crippen molar-refractivity contribution >= 4 is 29.2 Å². The molecule has 0 aliphatic carbocycles. The Morgan fingerprint density at radius 1 is 1.20 bits per heavy atom. The monoisotopic (exact) mass is 425 g/mol. The maximum atomic E-state index is 13.4. The molecule has 0 saturated carbocycles. The van der Waals surface area contributed by atoms with Crippen molar-refractivity contribution < 1.29 is 18.3 Å². The Labute approximate surface area is 156 Å². The summed E-state index contributed by atoms with van der Waals surface area (Å²) in [5.41, 5.74) is 1.66. The van der Waals surface area contributed by atoms with Crippen molar-refractivity contribution in [1.29, 1.82) is 0 Å². The molecule has 1 aliphatic heterocycles. The van der Waals surface area contributed by atoms with Gasteiger partial charge in [-0.05, 0) is 55.3 Å². The summed E-state index contributed by atoms with van der Waals surface area (Å²) in [6, 6.07) is 15.1. The van der Waals surface area contributed by atoms with Gasteiger partial charge in [0.2, 0.25) is 0 Å². The van der Waals surface area contributed by atoms with Gasteiger partial charge in [-0.2, -0.15) is 0 Å². The van der Waals surface area contributed by atoms with Gasteiger partial charge >= 0.3 is 7.60 Å². The van der Waals surface area contributed by atoms with E-state index in [1.165, 1.54) is 0 Å². The third kappa shape index (κ3) is 4.45. The highest BCUT2D eigenvalue weighted by atomic mass is 79.9. The number of anilines is 1. The lowest BCUT2D eigenvalue weighted by molar-refractivity contribution is 0.0887. The fourth-order valence-electron chi connectivity index (χ4n) is 2.65. The van der Waals surface area contributed by atoms with Crippen molar-refractivity contribution in [1.82, 2.24) is 0 Å². The highest BCUT2D eigenvalue weighted by Crippen LogP contribution is 2.63. The maximum absolute atomic E-state index is 13.4. The van der Waals surface area contributed by atoms with Gasteiger partial charge in [0, 0.05) is 10.2 Å². The van der Waals surface area contributed by atoms with E-state index in [-0.39, 0.29) is 6.10 Å². The number of hydrogen-bond donors (Lipinski definition) is 1. The highest BCUT2D eigenvalue weighted by Gasteiger charge is 2.41. The molecule has 3 atom stereocenters. The zero-order valence-electron chi connectivity index (χ0n) is 14.1. The maximum Gasteiger partial charge on any atom is 0.357 e. The number of benzene rings is 2. The Balaban J connectivity index is 1.93. The van der Waals surface area contributed by atoms with Gasteiger partial charge in [0.15, 0.2) is 5.78 Å². The number of ether oxygens (including phenoxy) is 1. The van der Waals surface area contributed by atoms with Crippen LogP contribution in [0.4, 0.5) is 5.69 Å². The SMILES string of the molecule is COc1ccc(N[C@H](c2ccc(Br)cc2)[P@]2(=O)OCC[C@@H](C)O2)cc1. The summed E-state index contributed by atoms with van der Waals surface area (Å²) in [7, 11) is -1.74. The molecule has 2 aromatic carbocycles. The van der Waals surface area contributed by atoms with Gasteiger partial charge < -0.3 is 19.1 Å². The van der Waals surface area contributed by atoms with Crippen LogP contribution in [0.1, 0.15) is 24.7 Å². The predicted octanol–water partition coefficient (Wildman–Crippen LogP) is 5.59. The molecule has 3 rings (SSSR count). The molecule has 1 saturated heterocycles. The Morgan fingerprint density at radius 2 is 1.88 bits per heavy atom. The predicted molar refractivity (Wildman–Crippen MR) is 102 cm³/mol. The summed E-state index contributed by atoms with van der Waals surface area (Å²) in [5, 5.41) is 3.31. The van der Waals surface area contributed by atoms with E-state index in [1.807, 2.05) is 55.5 Å². The van der Waals surface area contributed by atoms with Crippen molar-refractivity contribution in [2.45, 2.75) is 25.2 Å². The third-order valence-corrected chi connectivity index (χ3v) is 6.80. The molecule has 0 unspecified atom stereocenters. The third-order valence-electron chi connectivity index (χ3n) is 4.02. The van der Waals surface area contributed by atoms with Crippen LogP contribution in [-0.4, -0.2) is 19.8 Å². The van der Waals surface area contributed by atoms with E-state index in [1.54, 1.807) is 7.11 Å². The number of methoxy groups -OCH3 is 1. The van der Waals surface area contributed by atoms with Crippen LogP contribution in [0, 0.1) is 0 Å². The Bertz CT molecular complexity index is 751. The first-order valence-corrected chi connectivity index (χ1v) is 10.5. The van der Waals surface area contributed by atoms with Gasteiger partial charge in [0.1, 0.15) is 5.75 Å². The van der Waals surface area contributed by atoms with Crippen molar-refractivity contribution in [3.8, 4) is 5.75 Å². The second-order valence-corrected chi connectivity index (χ2v) is 8.89. The molecule has 0 spiro atoms. The zero-order valence-corrected chi connectivity index (χ0v) is 16.6. The van der Waals surface area contributed by atoms with Crippen LogP contribution < -0.4 is 10.1 Å². The molecule has 0 amide bonds. The molecule has 0 radical (unpaired) electrons. The lowest BCUT2D eigenvalue weighted by atomic mass is 10.2. The Kier molecular flexibility index (Phi) is 5.85. The Hall–Kier alpha value is -1.33. The summed E-state index contributed by atoms with van der Waals surface area (Å²) >= 11 is 3.43. The van der Waals surface area contributed by atoms with Crippen LogP contribution in [0.3, 0.4) is 0 Å². The fraction of sp³-hybridized carbons (Fsp3) is 0.333. The molecule has 1 fully saturated rings. The van der Waals surface area contributed by atoms with E-state index in [4.69, 9.17) is 13.8 Å². The smallest absolute Gasteiger partial charge is 0.357 e. The minimum atomic E-state index is -3.36. The second-order valence-electron chi connectivity index (χ2n) is 5.90. The van der Waals surface area contributed by atoms with Crippen molar-refractivity contribution in [2.75, 3.05) is 19.0 Å². The number of rotatable bonds is 5. The minimum absolute atomic E-state index is 0.102. The van der Waals surface area contributed by atoms with Gasteiger partial charge in [-0.1, -0.05) is 28.1 Å². The van der Waals surface area contributed by atoms with Crippen LogP contribution in [0.2, 0.25) is 0 Å². The van der Waals surface area contributed by atoms with Gasteiger partial charge in [-0.25, -0.2) is 0 Å². The Morgan fingerprint density at radius 3 is 2.48 bits per heavy atom. The van der Waals surface area contributed by atoms with Crippen molar-refractivity contribution in [3.05, 3.63) is 58.6 Å². The molecule has 1 aliphatic rings. The molecule has 0 bridgehead atoms. The summed E-state index contributed by atoms with van der Waals surface area (Å²) in [6.45, 7) is 2.34. The minimum Gasteiger partial charge on any atom is -0.497 e.